The van der Waals surface area contributed by atoms with E-state index in [2.05, 4.69) is 0 Å². The molecule has 0 bridgehead atoms. The zero-order valence-corrected chi connectivity index (χ0v) is 16.4. The second-order valence-electron chi connectivity index (χ2n) is 7.18. The van der Waals surface area contributed by atoms with Gasteiger partial charge in [0.1, 0.15) is 5.58 Å². The van der Waals surface area contributed by atoms with Crippen molar-refractivity contribution in [2.24, 2.45) is 0 Å². The molecule has 2 aliphatic heterocycles. The van der Waals surface area contributed by atoms with Crippen LogP contribution in [0.4, 0.5) is 4.79 Å². The van der Waals surface area contributed by atoms with Crippen molar-refractivity contribution in [2.75, 3.05) is 39.3 Å². The summed E-state index contributed by atoms with van der Waals surface area (Å²) >= 11 is 0. The molecule has 1 aromatic carbocycles. The highest BCUT2D eigenvalue weighted by molar-refractivity contribution is 7.89. The Kier molecular flexibility index (Phi) is 5.11. The summed E-state index contributed by atoms with van der Waals surface area (Å²) in [5.41, 5.74) is -0.124. The van der Waals surface area contributed by atoms with Crippen LogP contribution >= 0.6 is 0 Å². The van der Waals surface area contributed by atoms with E-state index in [1.807, 2.05) is 4.90 Å². The maximum Gasteiger partial charge on any atom is 0.336 e. The third kappa shape index (κ3) is 3.64. The normalized spacial score (nSPS) is 19.1. The first kappa shape index (κ1) is 18.9. The van der Waals surface area contributed by atoms with Gasteiger partial charge >= 0.3 is 11.7 Å². The Labute approximate surface area is 163 Å². The van der Waals surface area contributed by atoms with Crippen molar-refractivity contribution >= 4 is 27.0 Å². The minimum Gasteiger partial charge on any atom is -0.423 e. The smallest absolute Gasteiger partial charge is 0.336 e. The lowest BCUT2D eigenvalue weighted by Crippen LogP contribution is -2.54. The molecule has 4 rings (SSSR count). The quantitative estimate of drug-likeness (QED) is 0.710. The number of nitrogens with zero attached hydrogens (tertiary/aromatic N) is 3. The van der Waals surface area contributed by atoms with Crippen molar-refractivity contribution in [1.82, 2.24) is 14.1 Å². The van der Waals surface area contributed by atoms with Crippen LogP contribution in [-0.2, 0) is 10.0 Å². The fourth-order valence-corrected chi connectivity index (χ4v) is 5.22. The Hall–Kier alpha value is -2.39. The van der Waals surface area contributed by atoms with E-state index in [0.29, 0.717) is 24.1 Å². The van der Waals surface area contributed by atoms with Crippen molar-refractivity contribution in [2.45, 2.75) is 24.2 Å². The number of likely N-dealkylation sites (tertiary alicyclic amines) is 1. The number of hydrogen-bond donors (Lipinski definition) is 0. The number of urea groups is 1. The molecule has 3 heterocycles. The molecule has 0 spiro atoms. The Balaban J connectivity index is 1.46. The fraction of sp³-hybridized carbons (Fsp3) is 0.474. The predicted octanol–water partition coefficient (Wildman–Crippen LogP) is 1.71. The number of carbonyl (C=O) groups excluding carboxylic acids is 1. The van der Waals surface area contributed by atoms with Gasteiger partial charge in [0.15, 0.2) is 0 Å². The van der Waals surface area contributed by atoms with Crippen LogP contribution in [0.2, 0.25) is 0 Å². The first-order chi connectivity index (χ1) is 13.4. The summed E-state index contributed by atoms with van der Waals surface area (Å²) in [4.78, 5) is 27.7. The van der Waals surface area contributed by atoms with Crippen molar-refractivity contribution in [1.29, 1.82) is 0 Å². The monoisotopic (exact) mass is 405 g/mol. The molecule has 0 saturated carbocycles. The lowest BCUT2D eigenvalue weighted by Gasteiger charge is -2.38. The number of sulfonamides is 1. The zero-order valence-electron chi connectivity index (χ0n) is 15.5. The van der Waals surface area contributed by atoms with Crippen LogP contribution in [0.25, 0.3) is 11.0 Å². The molecular weight excluding hydrogens is 382 g/mol. The molecule has 2 aromatic rings. The number of piperazine rings is 1. The number of fused-ring (bicyclic) bond motifs is 1. The lowest BCUT2D eigenvalue weighted by atomic mass is 10.1. The zero-order chi connectivity index (χ0) is 19.7. The predicted molar refractivity (Wildman–Crippen MR) is 104 cm³/mol. The van der Waals surface area contributed by atoms with Gasteiger partial charge in [-0.1, -0.05) is 0 Å². The maximum absolute atomic E-state index is 13.0. The molecule has 1 aromatic heterocycles. The number of rotatable bonds is 2. The number of hydrogen-bond acceptors (Lipinski definition) is 5. The van der Waals surface area contributed by atoms with Crippen molar-refractivity contribution in [3.8, 4) is 0 Å². The fourth-order valence-electron chi connectivity index (χ4n) is 3.76. The molecule has 8 nitrogen and oxygen atoms in total. The summed E-state index contributed by atoms with van der Waals surface area (Å²) in [7, 11) is -3.68. The van der Waals surface area contributed by atoms with Crippen LogP contribution in [-0.4, -0.2) is 67.8 Å². The molecule has 0 aliphatic carbocycles. The molecule has 9 heteroatoms. The van der Waals surface area contributed by atoms with Crippen molar-refractivity contribution < 1.29 is 17.6 Å². The molecule has 0 unspecified atom stereocenters. The van der Waals surface area contributed by atoms with E-state index >= 15 is 0 Å². The summed E-state index contributed by atoms with van der Waals surface area (Å²) < 4.78 is 32.5. The van der Waals surface area contributed by atoms with Crippen LogP contribution in [0.15, 0.2) is 44.4 Å². The lowest BCUT2D eigenvalue weighted by molar-refractivity contribution is 0.126. The van der Waals surface area contributed by atoms with Crippen LogP contribution in [0.5, 0.6) is 0 Å². The minimum absolute atomic E-state index is 0.0116. The maximum atomic E-state index is 13.0. The number of benzene rings is 1. The number of piperidine rings is 1. The average molecular weight is 405 g/mol. The molecule has 2 amide bonds. The van der Waals surface area contributed by atoms with E-state index in [-0.39, 0.29) is 24.0 Å². The van der Waals surface area contributed by atoms with Gasteiger partial charge < -0.3 is 14.2 Å². The number of carbonyl (C=O) groups is 1. The van der Waals surface area contributed by atoms with Gasteiger partial charge in [0.05, 0.1) is 4.90 Å². The van der Waals surface area contributed by atoms with Crippen LogP contribution in [0, 0.1) is 0 Å². The van der Waals surface area contributed by atoms with Gasteiger partial charge in [-0.25, -0.2) is 18.0 Å². The third-order valence-corrected chi connectivity index (χ3v) is 7.26. The van der Waals surface area contributed by atoms with Crippen LogP contribution in [0.3, 0.4) is 0 Å². The van der Waals surface area contributed by atoms with Crippen LogP contribution in [0.1, 0.15) is 19.3 Å². The topological polar surface area (TPSA) is 91.1 Å². The Morgan fingerprint density at radius 1 is 0.857 bits per heavy atom. The first-order valence-corrected chi connectivity index (χ1v) is 11.0. The highest BCUT2D eigenvalue weighted by Gasteiger charge is 2.32. The van der Waals surface area contributed by atoms with Gasteiger partial charge in [-0.3, -0.25) is 0 Å². The first-order valence-electron chi connectivity index (χ1n) is 9.53. The molecule has 0 atom stereocenters. The minimum atomic E-state index is -3.68. The molecule has 150 valence electrons. The highest BCUT2D eigenvalue weighted by Crippen LogP contribution is 2.22. The van der Waals surface area contributed by atoms with Gasteiger partial charge in [-0.15, -0.1) is 0 Å². The van der Waals surface area contributed by atoms with E-state index < -0.39 is 15.6 Å². The third-order valence-electron chi connectivity index (χ3n) is 5.36. The molecule has 0 radical (unpaired) electrons. The molecular formula is C19H23N3O5S. The Morgan fingerprint density at radius 3 is 2.25 bits per heavy atom. The van der Waals surface area contributed by atoms with E-state index in [1.165, 1.54) is 28.6 Å². The van der Waals surface area contributed by atoms with Gasteiger partial charge in [0.25, 0.3) is 0 Å². The van der Waals surface area contributed by atoms with Gasteiger partial charge in [-0.2, -0.15) is 4.31 Å². The van der Waals surface area contributed by atoms with Crippen molar-refractivity contribution in [3.05, 3.63) is 40.8 Å². The van der Waals surface area contributed by atoms with E-state index in [4.69, 9.17) is 4.42 Å². The van der Waals surface area contributed by atoms with E-state index in [9.17, 15) is 18.0 Å². The molecule has 0 N–H and O–H groups in total. The second kappa shape index (κ2) is 7.56. The number of amides is 2. The summed E-state index contributed by atoms with van der Waals surface area (Å²) in [5.74, 6) is 0. The molecule has 2 fully saturated rings. The van der Waals surface area contributed by atoms with Crippen molar-refractivity contribution in [3.63, 3.8) is 0 Å². The molecule has 2 aliphatic rings. The average Bonchev–Trinajstić information content (AvgIpc) is 2.73. The standard InChI is InChI=1S/C19H23N3O5S/c23-18-7-4-15-14-16(5-6-17(15)27-18)28(25,26)22-12-10-21(11-13-22)19(24)20-8-2-1-3-9-20/h4-7,14H,1-3,8-13H2. The second-order valence-corrected chi connectivity index (χ2v) is 9.11. The molecule has 2 saturated heterocycles. The van der Waals surface area contributed by atoms with Crippen LogP contribution < -0.4 is 5.63 Å². The van der Waals surface area contributed by atoms with Gasteiger partial charge in [0.2, 0.25) is 10.0 Å². The highest BCUT2D eigenvalue weighted by atomic mass is 32.2. The summed E-state index contributed by atoms with van der Waals surface area (Å²) in [6, 6.07) is 7.29. The Morgan fingerprint density at radius 2 is 1.54 bits per heavy atom. The largest absolute Gasteiger partial charge is 0.423 e. The Bertz CT molecular complexity index is 1030. The molecule has 28 heavy (non-hydrogen) atoms. The van der Waals surface area contributed by atoms with Gasteiger partial charge in [0, 0.05) is 50.7 Å². The SMILES string of the molecule is O=C(N1CCCCC1)N1CCN(S(=O)(=O)c2ccc3oc(=O)ccc3c2)CC1. The summed E-state index contributed by atoms with van der Waals surface area (Å²) in [6.45, 7) is 2.87. The summed E-state index contributed by atoms with van der Waals surface area (Å²) in [6.07, 6.45) is 3.22. The van der Waals surface area contributed by atoms with E-state index in [0.717, 1.165) is 32.4 Å². The van der Waals surface area contributed by atoms with Gasteiger partial charge in [-0.05, 0) is 43.5 Å². The van der Waals surface area contributed by atoms with E-state index in [1.54, 1.807) is 11.0 Å². The summed E-state index contributed by atoms with van der Waals surface area (Å²) in [5, 5.41) is 0.555.